The van der Waals surface area contributed by atoms with Crippen LogP contribution >= 0.6 is 27.5 Å². The lowest BCUT2D eigenvalue weighted by Crippen LogP contribution is -2.23. The summed E-state index contributed by atoms with van der Waals surface area (Å²) in [7, 11) is 0. The van der Waals surface area contributed by atoms with E-state index in [2.05, 4.69) is 33.0 Å². The van der Waals surface area contributed by atoms with E-state index in [-0.39, 0.29) is 5.38 Å². The van der Waals surface area contributed by atoms with Gasteiger partial charge in [-0.15, -0.1) is 11.6 Å². The van der Waals surface area contributed by atoms with E-state index in [0.29, 0.717) is 0 Å². The normalized spacial score (nSPS) is 19.3. The molecule has 1 fully saturated rings. The molecule has 0 radical (unpaired) electrons. The van der Waals surface area contributed by atoms with Crippen LogP contribution in [0.5, 0.6) is 0 Å². The fourth-order valence-electron chi connectivity index (χ4n) is 2.00. The minimum absolute atomic E-state index is 0.112. The van der Waals surface area contributed by atoms with Crippen LogP contribution in [0.2, 0.25) is 0 Å². The third-order valence-corrected chi connectivity index (χ3v) is 3.71. The van der Waals surface area contributed by atoms with Gasteiger partial charge in [0, 0.05) is 11.0 Å². The van der Waals surface area contributed by atoms with Crippen LogP contribution < -0.4 is 0 Å². The molecule has 0 aliphatic carbocycles. The average Bonchev–Trinajstić information content (AvgIpc) is 2.70. The molecule has 2 rings (SSSR count). The van der Waals surface area contributed by atoms with Gasteiger partial charge in [-0.05, 0) is 43.6 Å². The van der Waals surface area contributed by atoms with Gasteiger partial charge in [0.2, 0.25) is 0 Å². The second kappa shape index (κ2) is 5.33. The smallest absolute Gasteiger partial charge is 0.0712 e. The molecule has 1 nitrogen and oxygen atoms in total. The molecule has 1 heterocycles. The van der Waals surface area contributed by atoms with E-state index in [1.54, 1.807) is 0 Å². The van der Waals surface area contributed by atoms with E-state index in [0.717, 1.165) is 11.0 Å². The van der Waals surface area contributed by atoms with Gasteiger partial charge in [-0.2, -0.15) is 0 Å². The van der Waals surface area contributed by atoms with Gasteiger partial charge in [0.1, 0.15) is 0 Å². The van der Waals surface area contributed by atoms with Crippen molar-refractivity contribution in [3.63, 3.8) is 0 Å². The first-order valence-electron chi connectivity index (χ1n) is 5.37. The minimum Gasteiger partial charge on any atom is -0.302 e. The van der Waals surface area contributed by atoms with Gasteiger partial charge in [0.25, 0.3) is 0 Å². The summed E-state index contributed by atoms with van der Waals surface area (Å²) >= 11 is 9.87. The van der Waals surface area contributed by atoms with Gasteiger partial charge < -0.3 is 4.90 Å². The molecule has 82 valence electrons. The molecule has 0 N–H and O–H groups in total. The highest BCUT2D eigenvalue weighted by Gasteiger charge is 2.16. The maximum absolute atomic E-state index is 6.40. The molecule has 0 bridgehead atoms. The van der Waals surface area contributed by atoms with Crippen LogP contribution in [-0.2, 0) is 0 Å². The average molecular weight is 289 g/mol. The Bertz CT molecular complexity index is 323. The maximum Gasteiger partial charge on any atom is 0.0712 e. The van der Waals surface area contributed by atoms with Crippen LogP contribution in [0.25, 0.3) is 0 Å². The summed E-state index contributed by atoms with van der Waals surface area (Å²) in [5.41, 5.74) is 1.21. The number of hydrogen-bond acceptors (Lipinski definition) is 1. The van der Waals surface area contributed by atoms with Crippen molar-refractivity contribution < 1.29 is 0 Å². The van der Waals surface area contributed by atoms with Gasteiger partial charge >= 0.3 is 0 Å². The summed E-state index contributed by atoms with van der Waals surface area (Å²) in [6, 6.07) is 8.27. The zero-order valence-corrected chi connectivity index (χ0v) is 11.0. The van der Waals surface area contributed by atoms with Crippen molar-refractivity contribution in [3.8, 4) is 0 Å². The fraction of sp³-hybridized carbons (Fsp3) is 0.500. The van der Waals surface area contributed by atoms with Crippen molar-refractivity contribution in [3.05, 3.63) is 34.3 Å². The van der Waals surface area contributed by atoms with Crippen molar-refractivity contribution in [2.24, 2.45) is 0 Å². The second-order valence-electron chi connectivity index (χ2n) is 4.03. The van der Waals surface area contributed by atoms with E-state index in [1.807, 2.05) is 12.1 Å². The summed E-state index contributed by atoms with van der Waals surface area (Å²) < 4.78 is 1.10. The molecule has 0 amide bonds. The van der Waals surface area contributed by atoms with Crippen LogP contribution in [0, 0.1) is 0 Å². The lowest BCUT2D eigenvalue weighted by molar-refractivity contribution is 0.339. The van der Waals surface area contributed by atoms with Crippen LogP contribution in [0.4, 0.5) is 0 Å². The zero-order valence-electron chi connectivity index (χ0n) is 8.63. The predicted molar refractivity (Wildman–Crippen MR) is 68.4 cm³/mol. The Morgan fingerprint density at radius 2 is 2.07 bits per heavy atom. The van der Waals surface area contributed by atoms with Crippen molar-refractivity contribution in [2.45, 2.75) is 18.2 Å². The van der Waals surface area contributed by atoms with Crippen LogP contribution in [-0.4, -0.2) is 24.5 Å². The van der Waals surface area contributed by atoms with E-state index >= 15 is 0 Å². The Kier molecular flexibility index (Phi) is 4.06. The standard InChI is InChI=1S/C12H15BrClN/c13-11-5-3-4-10(8-11)12(14)9-15-6-1-2-7-15/h3-5,8,12H,1-2,6-7,9H2. The van der Waals surface area contributed by atoms with Gasteiger partial charge in [-0.1, -0.05) is 28.1 Å². The molecule has 3 heteroatoms. The van der Waals surface area contributed by atoms with E-state index in [9.17, 15) is 0 Å². The monoisotopic (exact) mass is 287 g/mol. The summed E-state index contributed by atoms with van der Waals surface area (Å²) in [5.74, 6) is 0. The fourth-order valence-corrected chi connectivity index (χ4v) is 2.75. The molecular formula is C12H15BrClN. The van der Waals surface area contributed by atoms with Gasteiger partial charge in [-0.25, -0.2) is 0 Å². The molecule has 1 aromatic carbocycles. The molecular weight excluding hydrogens is 273 g/mol. The summed E-state index contributed by atoms with van der Waals surface area (Å²) in [6.45, 7) is 3.38. The molecule has 15 heavy (non-hydrogen) atoms. The Labute approximate surface area is 105 Å². The number of halogens is 2. The van der Waals surface area contributed by atoms with Crippen LogP contribution in [0.15, 0.2) is 28.7 Å². The predicted octanol–water partition coefficient (Wildman–Crippen LogP) is 3.82. The first-order valence-corrected chi connectivity index (χ1v) is 6.60. The molecule has 1 saturated heterocycles. The van der Waals surface area contributed by atoms with Crippen molar-refractivity contribution in [2.75, 3.05) is 19.6 Å². The van der Waals surface area contributed by atoms with Gasteiger partial charge in [-0.3, -0.25) is 0 Å². The van der Waals surface area contributed by atoms with Crippen LogP contribution in [0.3, 0.4) is 0 Å². The van der Waals surface area contributed by atoms with Gasteiger partial charge in [0.05, 0.1) is 5.38 Å². The van der Waals surface area contributed by atoms with Crippen molar-refractivity contribution in [1.29, 1.82) is 0 Å². The molecule has 1 aliphatic heterocycles. The number of likely N-dealkylation sites (tertiary alicyclic amines) is 1. The highest BCUT2D eigenvalue weighted by molar-refractivity contribution is 9.10. The number of benzene rings is 1. The van der Waals surface area contributed by atoms with Crippen LogP contribution in [0.1, 0.15) is 23.8 Å². The number of nitrogens with zero attached hydrogens (tertiary/aromatic N) is 1. The lowest BCUT2D eigenvalue weighted by Gasteiger charge is -2.19. The summed E-state index contributed by atoms with van der Waals surface area (Å²) in [5, 5.41) is 0.112. The number of hydrogen-bond donors (Lipinski definition) is 0. The van der Waals surface area contributed by atoms with Crippen molar-refractivity contribution >= 4 is 27.5 Å². The quantitative estimate of drug-likeness (QED) is 0.764. The first kappa shape index (κ1) is 11.4. The topological polar surface area (TPSA) is 3.24 Å². The lowest BCUT2D eigenvalue weighted by atomic mass is 10.1. The molecule has 1 aromatic rings. The second-order valence-corrected chi connectivity index (χ2v) is 5.47. The largest absolute Gasteiger partial charge is 0.302 e. The Morgan fingerprint density at radius 3 is 2.73 bits per heavy atom. The Hall–Kier alpha value is -0.0500. The Balaban J connectivity index is 1.97. The number of rotatable bonds is 3. The molecule has 1 aliphatic rings. The summed E-state index contributed by atoms with van der Waals surface area (Å²) in [4.78, 5) is 2.44. The highest BCUT2D eigenvalue weighted by Crippen LogP contribution is 2.25. The van der Waals surface area contributed by atoms with E-state index in [1.165, 1.54) is 31.5 Å². The molecule has 0 aromatic heterocycles. The molecule has 1 unspecified atom stereocenters. The number of alkyl halides is 1. The maximum atomic E-state index is 6.40. The highest BCUT2D eigenvalue weighted by atomic mass is 79.9. The third kappa shape index (κ3) is 3.20. The zero-order chi connectivity index (χ0) is 10.7. The van der Waals surface area contributed by atoms with Crippen molar-refractivity contribution in [1.82, 2.24) is 4.90 Å². The van der Waals surface area contributed by atoms with E-state index in [4.69, 9.17) is 11.6 Å². The molecule has 1 atom stereocenters. The minimum atomic E-state index is 0.112. The summed E-state index contributed by atoms with van der Waals surface area (Å²) in [6.07, 6.45) is 2.64. The first-order chi connectivity index (χ1) is 7.25. The van der Waals surface area contributed by atoms with E-state index < -0.39 is 0 Å². The Morgan fingerprint density at radius 1 is 1.33 bits per heavy atom. The van der Waals surface area contributed by atoms with Gasteiger partial charge in [0.15, 0.2) is 0 Å². The SMILES string of the molecule is ClC(CN1CCCC1)c1cccc(Br)c1. The molecule has 0 saturated carbocycles. The molecule has 0 spiro atoms. The third-order valence-electron chi connectivity index (χ3n) is 2.83.